The molecule has 1 saturated heterocycles. The zero-order chi connectivity index (χ0) is 12.6. The average molecular weight is 262 g/mol. The lowest BCUT2D eigenvalue weighted by atomic mass is 9.85. The summed E-state index contributed by atoms with van der Waals surface area (Å²) >= 11 is 5.94. The predicted octanol–water partition coefficient (Wildman–Crippen LogP) is 3.60. The van der Waals surface area contributed by atoms with Crippen LogP contribution in [-0.4, -0.2) is 17.9 Å². The number of piperidine rings is 1. The highest BCUT2D eigenvalue weighted by molar-refractivity contribution is 6.30. The van der Waals surface area contributed by atoms with Gasteiger partial charge in [-0.15, -0.1) is 0 Å². The van der Waals surface area contributed by atoms with Gasteiger partial charge in [-0.2, -0.15) is 0 Å². The Hall–Kier alpha value is -1.28. The molecular weight excluding hydrogens is 246 g/mol. The van der Waals surface area contributed by atoms with Crippen LogP contribution in [0.25, 0.3) is 0 Å². The second-order valence-corrected chi connectivity index (χ2v) is 5.60. The number of nitrogens with zero attached hydrogens (tertiary/aromatic N) is 1. The van der Waals surface area contributed by atoms with E-state index in [1.54, 1.807) is 6.08 Å². The van der Waals surface area contributed by atoms with E-state index in [1.165, 1.54) is 18.5 Å². The fourth-order valence-electron chi connectivity index (χ4n) is 3.09. The van der Waals surface area contributed by atoms with Crippen molar-refractivity contribution in [1.82, 2.24) is 0 Å². The minimum Gasteiger partial charge on any atom is -0.362 e. The summed E-state index contributed by atoms with van der Waals surface area (Å²) in [6.07, 6.45) is 7.92. The second kappa shape index (κ2) is 4.43. The van der Waals surface area contributed by atoms with Gasteiger partial charge in [-0.3, -0.25) is 4.79 Å². The van der Waals surface area contributed by atoms with Gasteiger partial charge in [-0.1, -0.05) is 17.7 Å². The van der Waals surface area contributed by atoms with Crippen LogP contribution >= 0.6 is 11.6 Å². The van der Waals surface area contributed by atoms with Crippen molar-refractivity contribution in [2.75, 3.05) is 11.4 Å². The summed E-state index contributed by atoms with van der Waals surface area (Å²) in [5.41, 5.74) is 1.09. The van der Waals surface area contributed by atoms with Gasteiger partial charge in [-0.25, -0.2) is 0 Å². The average Bonchev–Trinajstić information content (AvgIpc) is 2.73. The van der Waals surface area contributed by atoms with Crippen LogP contribution in [0, 0.1) is 0 Å². The highest BCUT2D eigenvalue weighted by Crippen LogP contribution is 2.39. The van der Waals surface area contributed by atoms with Crippen LogP contribution in [0.5, 0.6) is 0 Å². The molecule has 1 unspecified atom stereocenters. The van der Waals surface area contributed by atoms with Gasteiger partial charge < -0.3 is 4.90 Å². The van der Waals surface area contributed by atoms with Crippen LogP contribution in [0.1, 0.15) is 25.7 Å². The van der Waals surface area contributed by atoms with Crippen molar-refractivity contribution >= 4 is 23.1 Å². The maximum Gasteiger partial charge on any atom is 0.158 e. The number of anilines is 1. The molecule has 0 radical (unpaired) electrons. The maximum absolute atomic E-state index is 11.6. The van der Waals surface area contributed by atoms with Crippen LogP contribution in [0.4, 0.5) is 5.69 Å². The molecular formula is C15H16ClNO. The first-order valence-corrected chi connectivity index (χ1v) is 6.83. The number of ketones is 1. The Morgan fingerprint density at radius 1 is 1.17 bits per heavy atom. The molecule has 1 aromatic carbocycles. The quantitative estimate of drug-likeness (QED) is 0.770. The molecule has 0 aromatic heterocycles. The molecule has 1 fully saturated rings. The summed E-state index contributed by atoms with van der Waals surface area (Å²) in [7, 11) is 0. The maximum atomic E-state index is 11.6. The summed E-state index contributed by atoms with van der Waals surface area (Å²) in [6.45, 7) is 1.01. The Kier molecular flexibility index (Phi) is 2.90. The first-order chi connectivity index (χ1) is 8.70. The van der Waals surface area contributed by atoms with Crippen molar-refractivity contribution in [3.8, 4) is 0 Å². The van der Waals surface area contributed by atoms with Gasteiger partial charge in [0.15, 0.2) is 5.78 Å². The Balaban J connectivity index is 1.95. The number of benzene rings is 1. The van der Waals surface area contributed by atoms with E-state index >= 15 is 0 Å². The highest BCUT2D eigenvalue weighted by Gasteiger charge is 2.41. The van der Waals surface area contributed by atoms with E-state index in [2.05, 4.69) is 11.0 Å². The third kappa shape index (κ3) is 1.95. The number of rotatable bonds is 1. The van der Waals surface area contributed by atoms with E-state index in [4.69, 9.17) is 11.6 Å². The highest BCUT2D eigenvalue weighted by atomic mass is 35.5. The lowest BCUT2D eigenvalue weighted by Gasteiger charge is -2.45. The number of allylic oxidation sites excluding steroid dienone is 1. The molecule has 1 heterocycles. The Morgan fingerprint density at radius 3 is 2.61 bits per heavy atom. The second-order valence-electron chi connectivity index (χ2n) is 5.17. The smallest absolute Gasteiger partial charge is 0.158 e. The largest absolute Gasteiger partial charge is 0.362 e. The third-order valence-electron chi connectivity index (χ3n) is 3.98. The topological polar surface area (TPSA) is 20.3 Å². The predicted molar refractivity (Wildman–Crippen MR) is 74.1 cm³/mol. The normalized spacial score (nSPS) is 27.2. The molecule has 3 rings (SSSR count). The molecule has 1 aromatic rings. The Bertz CT molecular complexity index is 494. The van der Waals surface area contributed by atoms with Gasteiger partial charge in [-0.05, 0) is 49.6 Å². The molecule has 18 heavy (non-hydrogen) atoms. The number of halogens is 1. The number of hydrogen-bond donors (Lipinski definition) is 0. The molecule has 1 aliphatic heterocycles. The molecule has 1 spiro atoms. The summed E-state index contributed by atoms with van der Waals surface area (Å²) in [6, 6.07) is 7.93. The zero-order valence-electron chi connectivity index (χ0n) is 10.2. The molecule has 0 bridgehead atoms. The van der Waals surface area contributed by atoms with Gasteiger partial charge in [0.25, 0.3) is 0 Å². The lowest BCUT2D eigenvalue weighted by Crippen LogP contribution is -2.50. The van der Waals surface area contributed by atoms with Crippen molar-refractivity contribution in [2.24, 2.45) is 0 Å². The van der Waals surface area contributed by atoms with E-state index in [1.807, 2.05) is 24.3 Å². The zero-order valence-corrected chi connectivity index (χ0v) is 11.0. The minimum absolute atomic E-state index is 0.0802. The van der Waals surface area contributed by atoms with Gasteiger partial charge in [0.1, 0.15) is 0 Å². The van der Waals surface area contributed by atoms with E-state index in [-0.39, 0.29) is 11.3 Å². The van der Waals surface area contributed by atoms with Crippen molar-refractivity contribution < 1.29 is 4.79 Å². The SMILES string of the molecule is O=C1C=CC2(CCCCN2c2ccc(Cl)cc2)C1. The van der Waals surface area contributed by atoms with Gasteiger partial charge in [0, 0.05) is 23.7 Å². The van der Waals surface area contributed by atoms with E-state index in [0.717, 1.165) is 18.0 Å². The first-order valence-electron chi connectivity index (χ1n) is 6.45. The first kappa shape index (κ1) is 11.8. The van der Waals surface area contributed by atoms with Crippen LogP contribution < -0.4 is 4.90 Å². The molecule has 0 N–H and O–H groups in total. The van der Waals surface area contributed by atoms with Crippen molar-refractivity contribution in [3.05, 3.63) is 41.4 Å². The summed E-state index contributed by atoms with van der Waals surface area (Å²) in [4.78, 5) is 14.0. The summed E-state index contributed by atoms with van der Waals surface area (Å²) < 4.78 is 0. The fourth-order valence-corrected chi connectivity index (χ4v) is 3.22. The van der Waals surface area contributed by atoms with E-state index in [0.29, 0.717) is 6.42 Å². The summed E-state index contributed by atoms with van der Waals surface area (Å²) in [5, 5.41) is 0.753. The standard InChI is InChI=1S/C15H16ClNO/c16-12-3-5-13(6-4-12)17-10-2-1-8-15(17)9-7-14(18)11-15/h3-7,9H,1-2,8,10-11H2. The molecule has 1 atom stereocenters. The Labute approximate surface area is 112 Å². The van der Waals surface area contributed by atoms with Crippen LogP contribution in [0.15, 0.2) is 36.4 Å². The van der Waals surface area contributed by atoms with E-state index in [9.17, 15) is 4.79 Å². The molecule has 0 amide bonds. The van der Waals surface area contributed by atoms with Crippen molar-refractivity contribution in [2.45, 2.75) is 31.2 Å². The molecule has 2 aliphatic rings. The molecule has 3 heteroatoms. The molecule has 0 saturated carbocycles. The number of carbonyl (C=O) groups is 1. The fraction of sp³-hybridized carbons (Fsp3) is 0.400. The van der Waals surface area contributed by atoms with Crippen LogP contribution in [-0.2, 0) is 4.79 Å². The van der Waals surface area contributed by atoms with Gasteiger partial charge in [0.2, 0.25) is 0 Å². The number of hydrogen-bond acceptors (Lipinski definition) is 2. The van der Waals surface area contributed by atoms with Crippen molar-refractivity contribution in [1.29, 1.82) is 0 Å². The van der Waals surface area contributed by atoms with Crippen LogP contribution in [0.3, 0.4) is 0 Å². The monoisotopic (exact) mass is 261 g/mol. The molecule has 1 aliphatic carbocycles. The molecule has 2 nitrogen and oxygen atoms in total. The van der Waals surface area contributed by atoms with E-state index < -0.39 is 0 Å². The Morgan fingerprint density at radius 2 is 1.94 bits per heavy atom. The van der Waals surface area contributed by atoms with Gasteiger partial charge in [0.05, 0.1) is 5.54 Å². The molecule has 94 valence electrons. The minimum atomic E-state index is -0.0802. The lowest BCUT2D eigenvalue weighted by molar-refractivity contribution is -0.114. The van der Waals surface area contributed by atoms with Crippen molar-refractivity contribution in [3.63, 3.8) is 0 Å². The van der Waals surface area contributed by atoms with Gasteiger partial charge >= 0.3 is 0 Å². The summed E-state index contributed by atoms with van der Waals surface area (Å²) in [5.74, 6) is 0.246. The number of carbonyl (C=O) groups excluding carboxylic acids is 1. The van der Waals surface area contributed by atoms with Crippen LogP contribution in [0.2, 0.25) is 5.02 Å². The third-order valence-corrected chi connectivity index (χ3v) is 4.23.